The van der Waals surface area contributed by atoms with Crippen LogP contribution in [0, 0.1) is 24.5 Å². The van der Waals surface area contributed by atoms with Crippen molar-refractivity contribution in [3.8, 4) is 0 Å². The lowest BCUT2D eigenvalue weighted by Crippen LogP contribution is -2.13. The average molecular weight is 282 g/mol. The van der Waals surface area contributed by atoms with E-state index in [0.29, 0.717) is 23.5 Å². The standard InChI is InChI=1S/C17H21F3/c1-12-5-10-15(17(20)16(12)19)14-8-6-13(7-9-14)4-2-3-11-18/h2,4-5,10,13-14H,3,6-9,11H2,1H3/b4-2+. The van der Waals surface area contributed by atoms with Crippen LogP contribution in [0.1, 0.15) is 49.1 Å². The van der Waals surface area contributed by atoms with Crippen LogP contribution in [0.4, 0.5) is 13.2 Å². The molecule has 2 rings (SSSR count). The normalized spacial score (nSPS) is 23.4. The van der Waals surface area contributed by atoms with Gasteiger partial charge in [0.15, 0.2) is 11.6 Å². The summed E-state index contributed by atoms with van der Waals surface area (Å²) in [5.41, 5.74) is 0.869. The molecular weight excluding hydrogens is 261 g/mol. The van der Waals surface area contributed by atoms with Crippen LogP contribution in [-0.4, -0.2) is 6.67 Å². The Balaban J connectivity index is 1.99. The zero-order chi connectivity index (χ0) is 14.5. The van der Waals surface area contributed by atoms with Gasteiger partial charge in [0.25, 0.3) is 0 Å². The second-order valence-electron chi connectivity index (χ2n) is 5.62. The number of hydrogen-bond donors (Lipinski definition) is 0. The minimum absolute atomic E-state index is 0.107. The molecular formula is C17H21F3. The Morgan fingerprint density at radius 1 is 1.10 bits per heavy atom. The first-order valence-corrected chi connectivity index (χ1v) is 7.30. The fourth-order valence-electron chi connectivity index (χ4n) is 2.95. The maximum Gasteiger partial charge on any atom is 0.162 e. The molecule has 0 unspecified atom stereocenters. The molecule has 0 atom stereocenters. The lowest BCUT2D eigenvalue weighted by Gasteiger charge is -2.27. The Morgan fingerprint density at radius 2 is 1.80 bits per heavy atom. The molecule has 1 fully saturated rings. The molecule has 0 heterocycles. The minimum Gasteiger partial charge on any atom is -0.251 e. The van der Waals surface area contributed by atoms with Crippen molar-refractivity contribution in [1.82, 2.24) is 0 Å². The minimum atomic E-state index is -0.715. The maximum atomic E-state index is 14.0. The van der Waals surface area contributed by atoms with Crippen molar-refractivity contribution in [2.75, 3.05) is 6.67 Å². The lowest BCUT2D eigenvalue weighted by atomic mass is 9.78. The molecule has 0 aromatic heterocycles. The topological polar surface area (TPSA) is 0 Å². The predicted octanol–water partition coefficient (Wildman–Crippen LogP) is 5.46. The van der Waals surface area contributed by atoms with Crippen LogP contribution in [-0.2, 0) is 0 Å². The van der Waals surface area contributed by atoms with E-state index in [2.05, 4.69) is 6.08 Å². The molecule has 0 spiro atoms. The molecule has 1 saturated carbocycles. The highest BCUT2D eigenvalue weighted by Gasteiger charge is 2.24. The molecule has 110 valence electrons. The van der Waals surface area contributed by atoms with E-state index < -0.39 is 11.6 Å². The highest BCUT2D eigenvalue weighted by molar-refractivity contribution is 5.28. The predicted molar refractivity (Wildman–Crippen MR) is 75.5 cm³/mol. The summed E-state index contributed by atoms with van der Waals surface area (Å²) in [6.07, 6.45) is 8.08. The molecule has 1 aliphatic rings. The molecule has 1 aromatic rings. The van der Waals surface area contributed by atoms with Gasteiger partial charge in [-0.15, -0.1) is 0 Å². The first kappa shape index (κ1) is 15.1. The van der Waals surface area contributed by atoms with Crippen molar-refractivity contribution in [1.29, 1.82) is 0 Å². The van der Waals surface area contributed by atoms with Crippen LogP contribution in [0.2, 0.25) is 0 Å². The SMILES string of the molecule is Cc1ccc(C2CCC(/C=C/CCF)CC2)c(F)c1F. The van der Waals surface area contributed by atoms with E-state index >= 15 is 0 Å². The quantitative estimate of drug-likeness (QED) is 0.643. The Labute approximate surface area is 118 Å². The Morgan fingerprint density at radius 3 is 2.45 bits per heavy atom. The van der Waals surface area contributed by atoms with Crippen molar-refractivity contribution < 1.29 is 13.2 Å². The molecule has 0 saturated heterocycles. The van der Waals surface area contributed by atoms with Gasteiger partial charge >= 0.3 is 0 Å². The molecule has 1 aromatic carbocycles. The lowest BCUT2D eigenvalue weighted by molar-refractivity contribution is 0.363. The smallest absolute Gasteiger partial charge is 0.162 e. The number of rotatable bonds is 4. The molecule has 0 radical (unpaired) electrons. The molecule has 0 amide bonds. The summed E-state index contributed by atoms with van der Waals surface area (Å²) in [5.74, 6) is -0.832. The van der Waals surface area contributed by atoms with Gasteiger partial charge in [-0.3, -0.25) is 4.39 Å². The number of aryl methyl sites for hydroxylation is 1. The van der Waals surface area contributed by atoms with E-state index in [1.165, 1.54) is 0 Å². The molecule has 20 heavy (non-hydrogen) atoms. The Hall–Kier alpha value is -1.25. The maximum absolute atomic E-state index is 14.0. The first-order chi connectivity index (χ1) is 9.63. The van der Waals surface area contributed by atoms with Crippen molar-refractivity contribution >= 4 is 0 Å². The monoisotopic (exact) mass is 282 g/mol. The first-order valence-electron chi connectivity index (χ1n) is 7.30. The number of allylic oxidation sites excluding steroid dienone is 2. The second-order valence-corrected chi connectivity index (χ2v) is 5.62. The molecule has 1 aliphatic carbocycles. The molecule has 0 bridgehead atoms. The molecule has 3 heteroatoms. The largest absolute Gasteiger partial charge is 0.251 e. The van der Waals surface area contributed by atoms with E-state index in [4.69, 9.17) is 0 Å². The van der Waals surface area contributed by atoms with Gasteiger partial charge in [0.05, 0.1) is 6.67 Å². The van der Waals surface area contributed by atoms with Crippen LogP contribution in [0.25, 0.3) is 0 Å². The average Bonchev–Trinajstić information content (AvgIpc) is 2.46. The van der Waals surface area contributed by atoms with Gasteiger partial charge in [0.2, 0.25) is 0 Å². The van der Waals surface area contributed by atoms with E-state index in [-0.39, 0.29) is 12.6 Å². The van der Waals surface area contributed by atoms with Gasteiger partial charge in [-0.05, 0) is 62.0 Å². The Kier molecular flexibility index (Phi) is 5.27. The summed E-state index contributed by atoms with van der Waals surface area (Å²) >= 11 is 0. The Bertz CT molecular complexity index is 471. The van der Waals surface area contributed by atoms with Gasteiger partial charge in [0, 0.05) is 0 Å². The van der Waals surface area contributed by atoms with Crippen molar-refractivity contribution in [2.45, 2.75) is 44.9 Å². The van der Waals surface area contributed by atoms with Crippen LogP contribution in [0.15, 0.2) is 24.3 Å². The summed E-state index contributed by atoms with van der Waals surface area (Å²) in [6.45, 7) is 1.26. The fraction of sp³-hybridized carbons (Fsp3) is 0.529. The van der Waals surface area contributed by atoms with Crippen LogP contribution in [0.5, 0.6) is 0 Å². The van der Waals surface area contributed by atoms with E-state index in [0.717, 1.165) is 25.7 Å². The van der Waals surface area contributed by atoms with Crippen LogP contribution >= 0.6 is 0 Å². The fourth-order valence-corrected chi connectivity index (χ4v) is 2.95. The second kappa shape index (κ2) is 6.96. The third-order valence-corrected chi connectivity index (χ3v) is 4.20. The highest BCUT2D eigenvalue weighted by Crippen LogP contribution is 2.38. The van der Waals surface area contributed by atoms with Gasteiger partial charge in [-0.2, -0.15) is 0 Å². The number of alkyl halides is 1. The number of halogens is 3. The summed E-state index contributed by atoms with van der Waals surface area (Å²) in [6, 6.07) is 3.37. The van der Waals surface area contributed by atoms with Crippen LogP contribution in [0.3, 0.4) is 0 Å². The van der Waals surface area contributed by atoms with Gasteiger partial charge in [-0.25, -0.2) is 8.78 Å². The molecule has 0 N–H and O–H groups in total. The molecule has 0 nitrogen and oxygen atoms in total. The zero-order valence-corrected chi connectivity index (χ0v) is 11.8. The van der Waals surface area contributed by atoms with Crippen LogP contribution < -0.4 is 0 Å². The molecule has 0 aliphatic heterocycles. The van der Waals surface area contributed by atoms with Crippen molar-refractivity contribution in [3.05, 3.63) is 47.0 Å². The summed E-state index contributed by atoms with van der Waals surface area (Å²) in [5, 5.41) is 0. The summed E-state index contributed by atoms with van der Waals surface area (Å²) in [7, 11) is 0. The summed E-state index contributed by atoms with van der Waals surface area (Å²) < 4.78 is 39.6. The zero-order valence-electron chi connectivity index (χ0n) is 11.8. The van der Waals surface area contributed by atoms with Gasteiger partial charge in [0.1, 0.15) is 0 Å². The van der Waals surface area contributed by atoms with Crippen molar-refractivity contribution in [2.24, 2.45) is 5.92 Å². The van der Waals surface area contributed by atoms with E-state index in [1.54, 1.807) is 19.1 Å². The highest BCUT2D eigenvalue weighted by atomic mass is 19.2. The summed E-state index contributed by atoms with van der Waals surface area (Å²) in [4.78, 5) is 0. The van der Waals surface area contributed by atoms with Gasteiger partial charge in [-0.1, -0.05) is 24.3 Å². The van der Waals surface area contributed by atoms with E-state index in [1.807, 2.05) is 6.08 Å². The van der Waals surface area contributed by atoms with Crippen molar-refractivity contribution in [3.63, 3.8) is 0 Å². The number of hydrogen-bond acceptors (Lipinski definition) is 0. The van der Waals surface area contributed by atoms with Gasteiger partial charge < -0.3 is 0 Å². The number of benzene rings is 1. The van der Waals surface area contributed by atoms with E-state index in [9.17, 15) is 13.2 Å². The third-order valence-electron chi connectivity index (χ3n) is 4.20. The third kappa shape index (κ3) is 3.44.